The molecule has 1 amide bonds. The number of halogens is 1. The molecule has 0 aromatic heterocycles. The Kier molecular flexibility index (Phi) is 5.91. The Morgan fingerprint density at radius 2 is 1.73 bits per heavy atom. The lowest BCUT2D eigenvalue weighted by molar-refractivity contribution is 0.0573. The van der Waals surface area contributed by atoms with Crippen LogP contribution in [0.1, 0.15) is 36.0 Å². The fourth-order valence-corrected chi connectivity index (χ4v) is 5.17. The summed E-state index contributed by atoms with van der Waals surface area (Å²) >= 11 is 6.07. The highest BCUT2D eigenvalue weighted by molar-refractivity contribution is 7.89. The number of nitrogens with zero attached hydrogens (tertiary/aromatic N) is 3. The summed E-state index contributed by atoms with van der Waals surface area (Å²) in [4.78, 5) is 17.1. The van der Waals surface area contributed by atoms with Gasteiger partial charge in [-0.05, 0) is 31.0 Å². The van der Waals surface area contributed by atoms with Gasteiger partial charge in [0.05, 0.1) is 5.02 Å². The number of rotatable bonds is 4. The fraction of sp³-hybridized carbons (Fsp3) is 0.611. The number of carbonyl (C=O) groups is 1. The summed E-state index contributed by atoms with van der Waals surface area (Å²) in [5.74, 6) is -0.136. The number of hydrogen-bond acceptors (Lipinski definition) is 4. The van der Waals surface area contributed by atoms with Crippen LogP contribution < -0.4 is 0 Å². The van der Waals surface area contributed by atoms with Crippen LogP contribution in [-0.2, 0) is 10.0 Å². The van der Waals surface area contributed by atoms with Crippen LogP contribution in [0.4, 0.5) is 0 Å². The number of piperazine rings is 1. The quantitative estimate of drug-likeness (QED) is 0.779. The highest BCUT2D eigenvalue weighted by Gasteiger charge is 2.29. The second-order valence-corrected chi connectivity index (χ2v) is 9.73. The Labute approximate surface area is 160 Å². The lowest BCUT2D eigenvalue weighted by Crippen LogP contribution is -2.51. The average molecular weight is 400 g/mol. The summed E-state index contributed by atoms with van der Waals surface area (Å²) in [6.07, 6.45) is 5.13. The van der Waals surface area contributed by atoms with Crippen LogP contribution >= 0.6 is 11.6 Å². The Hall–Kier alpha value is -1.15. The summed E-state index contributed by atoms with van der Waals surface area (Å²) in [6.45, 7) is 3.11. The molecular weight excluding hydrogens is 374 g/mol. The molecule has 0 atom stereocenters. The van der Waals surface area contributed by atoms with Gasteiger partial charge in [0.2, 0.25) is 10.0 Å². The van der Waals surface area contributed by atoms with E-state index in [1.165, 1.54) is 51.9 Å². The van der Waals surface area contributed by atoms with Crippen LogP contribution in [-0.4, -0.2) is 74.7 Å². The van der Waals surface area contributed by atoms with Crippen molar-refractivity contribution in [3.8, 4) is 0 Å². The zero-order valence-corrected chi connectivity index (χ0v) is 16.9. The molecule has 1 aliphatic heterocycles. The molecule has 0 radical (unpaired) electrons. The molecule has 1 saturated carbocycles. The van der Waals surface area contributed by atoms with E-state index in [0.717, 1.165) is 17.4 Å². The molecule has 26 heavy (non-hydrogen) atoms. The van der Waals surface area contributed by atoms with Gasteiger partial charge >= 0.3 is 0 Å². The van der Waals surface area contributed by atoms with Crippen molar-refractivity contribution >= 4 is 27.5 Å². The number of carbonyl (C=O) groups excluding carboxylic acids is 1. The molecular formula is C18H26ClN3O3S. The van der Waals surface area contributed by atoms with Gasteiger partial charge in [0, 0.05) is 51.9 Å². The predicted octanol–water partition coefficient (Wildman–Crippen LogP) is 2.29. The molecule has 1 aromatic rings. The normalized spacial score (nSPS) is 20.1. The average Bonchev–Trinajstić information content (AvgIpc) is 3.16. The molecule has 1 aromatic carbocycles. The first-order valence-electron chi connectivity index (χ1n) is 9.06. The minimum absolute atomic E-state index is 0.0281. The van der Waals surface area contributed by atoms with Crippen molar-refractivity contribution in [1.29, 1.82) is 0 Å². The van der Waals surface area contributed by atoms with Crippen LogP contribution in [0.5, 0.6) is 0 Å². The summed E-state index contributed by atoms with van der Waals surface area (Å²) in [7, 11) is -0.798. The molecule has 3 rings (SSSR count). The van der Waals surface area contributed by atoms with E-state index in [9.17, 15) is 13.2 Å². The third-order valence-corrected chi connectivity index (χ3v) is 7.68. The molecule has 2 fully saturated rings. The second-order valence-electron chi connectivity index (χ2n) is 7.20. The summed E-state index contributed by atoms with van der Waals surface area (Å²) in [6, 6.07) is 5.14. The Morgan fingerprint density at radius 1 is 1.12 bits per heavy atom. The van der Waals surface area contributed by atoms with E-state index < -0.39 is 10.0 Å². The van der Waals surface area contributed by atoms with Crippen LogP contribution in [0.25, 0.3) is 0 Å². The fourth-order valence-electron chi connectivity index (χ4n) is 3.77. The Bertz CT molecular complexity index is 768. The lowest BCUT2D eigenvalue weighted by atomic mass is 10.1. The number of sulfonamides is 1. The largest absolute Gasteiger partial charge is 0.336 e. The van der Waals surface area contributed by atoms with Crippen molar-refractivity contribution in [2.45, 2.75) is 36.6 Å². The minimum atomic E-state index is -3.69. The third kappa shape index (κ3) is 3.91. The number of amides is 1. The van der Waals surface area contributed by atoms with Gasteiger partial charge in [-0.25, -0.2) is 12.7 Å². The van der Waals surface area contributed by atoms with E-state index in [-0.39, 0.29) is 15.8 Å². The topological polar surface area (TPSA) is 60.9 Å². The first-order chi connectivity index (χ1) is 12.3. The molecule has 144 valence electrons. The maximum absolute atomic E-state index is 12.8. The zero-order chi connectivity index (χ0) is 18.9. The molecule has 0 spiro atoms. The van der Waals surface area contributed by atoms with Crippen LogP contribution in [0, 0.1) is 0 Å². The van der Waals surface area contributed by atoms with E-state index in [4.69, 9.17) is 11.6 Å². The predicted molar refractivity (Wildman–Crippen MR) is 102 cm³/mol. The van der Waals surface area contributed by atoms with Gasteiger partial charge in [0.15, 0.2) is 0 Å². The SMILES string of the molecule is CN(C)S(=O)(=O)c1cc(C(=O)N2CCN(C3CCCC3)CC2)ccc1Cl. The summed E-state index contributed by atoms with van der Waals surface area (Å²) in [5.41, 5.74) is 0.365. The highest BCUT2D eigenvalue weighted by Crippen LogP contribution is 2.27. The van der Waals surface area contributed by atoms with Gasteiger partial charge in [-0.1, -0.05) is 24.4 Å². The van der Waals surface area contributed by atoms with Crippen molar-refractivity contribution in [2.24, 2.45) is 0 Å². The molecule has 0 bridgehead atoms. The van der Waals surface area contributed by atoms with Gasteiger partial charge in [-0.3, -0.25) is 9.69 Å². The van der Waals surface area contributed by atoms with Gasteiger partial charge in [0.25, 0.3) is 5.91 Å². The van der Waals surface area contributed by atoms with E-state index in [0.29, 0.717) is 24.7 Å². The maximum atomic E-state index is 12.8. The second kappa shape index (κ2) is 7.84. The number of benzene rings is 1. The van der Waals surface area contributed by atoms with E-state index in [1.54, 1.807) is 11.0 Å². The molecule has 0 unspecified atom stereocenters. The molecule has 1 heterocycles. The zero-order valence-electron chi connectivity index (χ0n) is 15.3. The van der Waals surface area contributed by atoms with Crippen molar-refractivity contribution in [1.82, 2.24) is 14.1 Å². The van der Waals surface area contributed by atoms with Crippen LogP contribution in [0.3, 0.4) is 0 Å². The van der Waals surface area contributed by atoms with Crippen molar-refractivity contribution in [3.05, 3.63) is 28.8 Å². The van der Waals surface area contributed by atoms with Crippen LogP contribution in [0.15, 0.2) is 23.1 Å². The van der Waals surface area contributed by atoms with Crippen molar-refractivity contribution in [3.63, 3.8) is 0 Å². The van der Waals surface area contributed by atoms with E-state index >= 15 is 0 Å². The first-order valence-corrected chi connectivity index (χ1v) is 10.9. The lowest BCUT2D eigenvalue weighted by Gasteiger charge is -2.38. The molecule has 2 aliphatic rings. The van der Waals surface area contributed by atoms with E-state index in [2.05, 4.69) is 4.90 Å². The monoisotopic (exact) mass is 399 g/mol. The van der Waals surface area contributed by atoms with Gasteiger partial charge < -0.3 is 4.90 Å². The smallest absolute Gasteiger partial charge is 0.253 e. The van der Waals surface area contributed by atoms with Gasteiger partial charge in [-0.2, -0.15) is 0 Å². The van der Waals surface area contributed by atoms with E-state index in [1.807, 2.05) is 0 Å². The Morgan fingerprint density at radius 3 is 2.31 bits per heavy atom. The maximum Gasteiger partial charge on any atom is 0.253 e. The van der Waals surface area contributed by atoms with Crippen molar-refractivity contribution < 1.29 is 13.2 Å². The molecule has 0 N–H and O–H groups in total. The molecule has 1 aliphatic carbocycles. The highest BCUT2D eigenvalue weighted by atomic mass is 35.5. The summed E-state index contributed by atoms with van der Waals surface area (Å²) in [5, 5.41) is 0.126. The Balaban J connectivity index is 1.72. The standard InChI is InChI=1S/C18H26ClN3O3S/c1-20(2)26(24,25)17-13-14(7-8-16(17)19)18(23)22-11-9-21(10-12-22)15-5-3-4-6-15/h7-8,13,15H,3-6,9-12H2,1-2H3. The van der Waals surface area contributed by atoms with Gasteiger partial charge in [0.1, 0.15) is 4.90 Å². The van der Waals surface area contributed by atoms with Crippen molar-refractivity contribution in [2.75, 3.05) is 40.3 Å². The van der Waals surface area contributed by atoms with Gasteiger partial charge in [-0.15, -0.1) is 0 Å². The molecule has 6 nitrogen and oxygen atoms in total. The third-order valence-electron chi connectivity index (χ3n) is 5.38. The summed E-state index contributed by atoms with van der Waals surface area (Å²) < 4.78 is 25.9. The number of hydrogen-bond donors (Lipinski definition) is 0. The first kappa shape index (κ1) is 19.6. The van der Waals surface area contributed by atoms with Crippen LogP contribution in [0.2, 0.25) is 5.02 Å². The molecule has 8 heteroatoms. The molecule has 1 saturated heterocycles. The minimum Gasteiger partial charge on any atom is -0.336 e.